The van der Waals surface area contributed by atoms with E-state index in [1.165, 1.54) is 6.33 Å². The first-order valence-corrected chi connectivity index (χ1v) is 10.0. The topological polar surface area (TPSA) is 101 Å². The maximum atomic E-state index is 13.7. The predicted octanol–water partition coefficient (Wildman–Crippen LogP) is 3.82. The Hall–Kier alpha value is -4.07. The summed E-state index contributed by atoms with van der Waals surface area (Å²) in [6.07, 6.45) is 3.05. The van der Waals surface area contributed by atoms with Crippen molar-refractivity contribution in [2.75, 3.05) is 5.32 Å². The number of fused-ring (bicyclic) bond motifs is 2. The molecule has 0 spiro atoms. The van der Waals surface area contributed by atoms with Crippen molar-refractivity contribution < 1.29 is 0 Å². The van der Waals surface area contributed by atoms with E-state index in [1.807, 2.05) is 63.2 Å². The summed E-state index contributed by atoms with van der Waals surface area (Å²) in [6.45, 7) is 5.89. The molecule has 5 rings (SSSR count). The van der Waals surface area contributed by atoms with Crippen molar-refractivity contribution in [3.05, 3.63) is 82.4 Å². The highest BCUT2D eigenvalue weighted by molar-refractivity contribution is 5.82. The zero-order chi connectivity index (χ0) is 21.5. The number of H-pyrrole nitrogens is 1. The minimum absolute atomic E-state index is 0.0876. The van der Waals surface area contributed by atoms with Crippen LogP contribution in [0.5, 0.6) is 0 Å². The molecule has 0 fully saturated rings. The fraction of sp³-hybridized carbons (Fsp3) is 0.174. The fourth-order valence-corrected chi connectivity index (χ4v) is 3.92. The Morgan fingerprint density at radius 2 is 1.87 bits per heavy atom. The van der Waals surface area contributed by atoms with Gasteiger partial charge in [-0.2, -0.15) is 0 Å². The van der Waals surface area contributed by atoms with Crippen molar-refractivity contribution >= 4 is 22.6 Å². The van der Waals surface area contributed by atoms with E-state index in [0.29, 0.717) is 33.9 Å². The average Bonchev–Trinajstić information content (AvgIpc) is 3.24. The number of aryl methyl sites for hydroxylation is 2. The van der Waals surface area contributed by atoms with E-state index >= 15 is 0 Å². The number of nitrogens with zero attached hydrogens (tertiary/aromatic N) is 5. The van der Waals surface area contributed by atoms with Gasteiger partial charge in [-0.25, -0.2) is 19.9 Å². The number of benzene rings is 1. The van der Waals surface area contributed by atoms with Gasteiger partial charge >= 0.3 is 0 Å². The van der Waals surface area contributed by atoms with Gasteiger partial charge in [0.1, 0.15) is 17.5 Å². The van der Waals surface area contributed by atoms with Crippen molar-refractivity contribution in [1.29, 1.82) is 0 Å². The van der Waals surface area contributed by atoms with Gasteiger partial charge in [-0.1, -0.05) is 30.3 Å². The maximum Gasteiger partial charge on any atom is 0.266 e. The summed E-state index contributed by atoms with van der Waals surface area (Å²) in [5, 5.41) is 3.39. The second-order valence-corrected chi connectivity index (χ2v) is 7.54. The molecule has 1 atom stereocenters. The van der Waals surface area contributed by atoms with Crippen LogP contribution in [-0.4, -0.2) is 29.3 Å². The number of hydrogen-bond acceptors (Lipinski definition) is 6. The molecular formula is C23H21N7O. The van der Waals surface area contributed by atoms with Crippen LogP contribution in [0.3, 0.4) is 0 Å². The summed E-state index contributed by atoms with van der Waals surface area (Å²) in [5.74, 6) is 0.608. The van der Waals surface area contributed by atoms with E-state index < -0.39 is 0 Å². The standard InChI is InChI=1S/C23H21N7O/c1-13-7-4-5-9-16(13)18-19(29-17-10-6-8-14(2)30(17)23(18)31)15(3)28-22-20-21(25-11-24-20)26-12-27-22/h4-12,15H,1-3H3,(H2,24,25,26,27,28). The van der Waals surface area contributed by atoms with Gasteiger partial charge in [0.2, 0.25) is 0 Å². The Kier molecular flexibility index (Phi) is 4.47. The Bertz CT molecular complexity index is 1480. The van der Waals surface area contributed by atoms with Gasteiger partial charge in [0.15, 0.2) is 11.5 Å². The molecular weight excluding hydrogens is 390 g/mol. The molecule has 5 aromatic rings. The molecule has 0 saturated carbocycles. The molecule has 0 bridgehead atoms. The molecule has 154 valence electrons. The number of hydrogen-bond donors (Lipinski definition) is 2. The van der Waals surface area contributed by atoms with E-state index in [4.69, 9.17) is 4.98 Å². The number of imidazole rings is 1. The van der Waals surface area contributed by atoms with Crippen LogP contribution in [0.25, 0.3) is 27.9 Å². The summed E-state index contributed by atoms with van der Waals surface area (Å²) in [4.78, 5) is 34.4. The maximum absolute atomic E-state index is 13.7. The van der Waals surface area contributed by atoms with Crippen LogP contribution in [0.2, 0.25) is 0 Å². The normalized spacial score (nSPS) is 12.4. The molecule has 1 unspecified atom stereocenters. The van der Waals surface area contributed by atoms with Crippen molar-refractivity contribution in [2.24, 2.45) is 0 Å². The number of nitrogens with one attached hydrogen (secondary N) is 2. The smallest absolute Gasteiger partial charge is 0.266 e. The summed E-state index contributed by atoms with van der Waals surface area (Å²) < 4.78 is 1.66. The second-order valence-electron chi connectivity index (χ2n) is 7.54. The number of pyridine rings is 1. The molecule has 0 aliphatic heterocycles. The lowest BCUT2D eigenvalue weighted by Crippen LogP contribution is -2.24. The van der Waals surface area contributed by atoms with Crippen LogP contribution in [-0.2, 0) is 0 Å². The highest BCUT2D eigenvalue weighted by Gasteiger charge is 2.22. The molecule has 1 aromatic carbocycles. The molecule has 2 N–H and O–H groups in total. The third kappa shape index (κ3) is 3.13. The zero-order valence-electron chi connectivity index (χ0n) is 17.4. The third-order valence-electron chi connectivity index (χ3n) is 5.47. The van der Waals surface area contributed by atoms with Gasteiger partial charge < -0.3 is 10.3 Å². The molecule has 4 aromatic heterocycles. The second kappa shape index (κ2) is 7.32. The minimum Gasteiger partial charge on any atom is -0.360 e. The highest BCUT2D eigenvalue weighted by atomic mass is 16.1. The van der Waals surface area contributed by atoms with Gasteiger partial charge in [0.05, 0.1) is 23.6 Å². The van der Waals surface area contributed by atoms with E-state index in [1.54, 1.807) is 10.7 Å². The Morgan fingerprint density at radius 3 is 2.71 bits per heavy atom. The van der Waals surface area contributed by atoms with Crippen LogP contribution < -0.4 is 10.9 Å². The lowest BCUT2D eigenvalue weighted by atomic mass is 9.97. The van der Waals surface area contributed by atoms with Crippen LogP contribution in [0.4, 0.5) is 5.82 Å². The SMILES string of the molecule is Cc1ccccc1-c1c(C(C)Nc2ncnc3nc[nH]c23)nc2cccc(C)n2c1=O. The van der Waals surface area contributed by atoms with E-state index in [0.717, 1.165) is 16.8 Å². The average molecular weight is 411 g/mol. The fourth-order valence-electron chi connectivity index (χ4n) is 3.92. The molecule has 31 heavy (non-hydrogen) atoms. The lowest BCUT2D eigenvalue weighted by molar-refractivity contribution is 0.821. The predicted molar refractivity (Wildman–Crippen MR) is 120 cm³/mol. The summed E-state index contributed by atoms with van der Waals surface area (Å²) in [5.41, 5.74) is 5.78. The molecule has 0 saturated heterocycles. The summed E-state index contributed by atoms with van der Waals surface area (Å²) in [7, 11) is 0. The van der Waals surface area contributed by atoms with Crippen LogP contribution in [0, 0.1) is 13.8 Å². The third-order valence-corrected chi connectivity index (χ3v) is 5.47. The molecule has 0 amide bonds. The van der Waals surface area contributed by atoms with Gasteiger partial charge in [0.25, 0.3) is 5.56 Å². The van der Waals surface area contributed by atoms with Crippen LogP contribution in [0.15, 0.2) is 59.9 Å². The quantitative estimate of drug-likeness (QED) is 0.466. The van der Waals surface area contributed by atoms with Gasteiger partial charge in [-0.15, -0.1) is 0 Å². The Balaban J connectivity index is 1.74. The van der Waals surface area contributed by atoms with Crippen molar-refractivity contribution in [3.63, 3.8) is 0 Å². The summed E-state index contributed by atoms with van der Waals surface area (Å²) >= 11 is 0. The lowest BCUT2D eigenvalue weighted by Gasteiger charge is -2.20. The van der Waals surface area contributed by atoms with Crippen LogP contribution in [0.1, 0.15) is 29.9 Å². The van der Waals surface area contributed by atoms with Gasteiger partial charge in [0, 0.05) is 5.69 Å². The van der Waals surface area contributed by atoms with Crippen molar-refractivity contribution in [3.8, 4) is 11.1 Å². The molecule has 0 radical (unpaired) electrons. The Labute approximate surface area is 178 Å². The monoisotopic (exact) mass is 411 g/mol. The zero-order valence-corrected chi connectivity index (χ0v) is 17.4. The molecule has 8 nitrogen and oxygen atoms in total. The van der Waals surface area contributed by atoms with Gasteiger partial charge in [-0.3, -0.25) is 9.20 Å². The molecule has 0 aliphatic rings. The number of aromatic nitrogens is 6. The molecule has 0 aliphatic carbocycles. The van der Waals surface area contributed by atoms with E-state index in [-0.39, 0.29) is 11.6 Å². The molecule has 8 heteroatoms. The van der Waals surface area contributed by atoms with E-state index in [9.17, 15) is 4.79 Å². The highest BCUT2D eigenvalue weighted by Crippen LogP contribution is 2.29. The first-order valence-electron chi connectivity index (χ1n) is 10.0. The minimum atomic E-state index is -0.297. The largest absolute Gasteiger partial charge is 0.360 e. The van der Waals surface area contributed by atoms with Crippen LogP contribution >= 0.6 is 0 Å². The van der Waals surface area contributed by atoms with Crippen molar-refractivity contribution in [1.82, 2.24) is 29.3 Å². The number of rotatable bonds is 4. The summed E-state index contributed by atoms with van der Waals surface area (Å²) in [6, 6.07) is 13.2. The number of anilines is 1. The first-order chi connectivity index (χ1) is 15.0. The van der Waals surface area contributed by atoms with E-state index in [2.05, 4.69) is 25.3 Å². The first kappa shape index (κ1) is 18.9. The van der Waals surface area contributed by atoms with Gasteiger partial charge in [-0.05, 0) is 44.0 Å². The Morgan fingerprint density at radius 1 is 1.03 bits per heavy atom. The molecule has 4 heterocycles. The number of aromatic amines is 1. The van der Waals surface area contributed by atoms with Crippen molar-refractivity contribution in [2.45, 2.75) is 26.8 Å².